The first-order chi connectivity index (χ1) is 7.62. The maximum absolute atomic E-state index is 12.1. The molecule has 0 spiro atoms. The largest absolute Gasteiger partial charge is 0.403 e. The van der Waals surface area contributed by atoms with Gasteiger partial charge in [-0.15, -0.1) is 0 Å². The first kappa shape index (κ1) is 14.0. The molecule has 1 rings (SSSR count). The van der Waals surface area contributed by atoms with Crippen LogP contribution in [0.5, 0.6) is 0 Å². The van der Waals surface area contributed by atoms with E-state index in [1.807, 2.05) is 13.8 Å². The Morgan fingerprint density at radius 2 is 1.59 bits per heavy atom. The van der Waals surface area contributed by atoms with Gasteiger partial charge in [0.2, 0.25) is 0 Å². The van der Waals surface area contributed by atoms with Crippen LogP contribution in [0.2, 0.25) is 0 Å². The molecule has 17 heavy (non-hydrogen) atoms. The van der Waals surface area contributed by atoms with E-state index in [4.69, 9.17) is 0 Å². The average Bonchev–Trinajstić information content (AvgIpc) is 2.14. The molecule has 0 N–H and O–H groups in total. The summed E-state index contributed by atoms with van der Waals surface area (Å²) in [6.45, 7) is 3.83. The van der Waals surface area contributed by atoms with Gasteiger partial charge in [0.15, 0.2) is 15.6 Å². The summed E-state index contributed by atoms with van der Waals surface area (Å²) in [6.07, 6.45) is -4.71. The lowest BCUT2D eigenvalue weighted by molar-refractivity contribution is -0.106. The average molecular weight is 266 g/mol. The summed E-state index contributed by atoms with van der Waals surface area (Å²) in [7, 11) is -4.29. The maximum atomic E-state index is 12.1. The molecule has 0 aliphatic carbocycles. The summed E-state index contributed by atoms with van der Waals surface area (Å²) < 4.78 is 59.0. The number of hydrogen-bond acceptors (Lipinski definition) is 2. The van der Waals surface area contributed by atoms with Crippen molar-refractivity contribution in [1.29, 1.82) is 0 Å². The lowest BCUT2D eigenvalue weighted by atomic mass is 10.0. The van der Waals surface area contributed by atoms with E-state index in [1.165, 1.54) is 24.3 Å². The van der Waals surface area contributed by atoms with Crippen molar-refractivity contribution in [2.45, 2.75) is 30.8 Å². The predicted molar refractivity (Wildman–Crippen MR) is 58.6 cm³/mol. The summed E-state index contributed by atoms with van der Waals surface area (Å²) >= 11 is 0. The molecule has 2 nitrogen and oxygen atoms in total. The highest BCUT2D eigenvalue weighted by Gasteiger charge is 2.35. The standard InChI is InChI=1S/C11H13F3O2S/c1-8(2)9-3-5-10(6-4-9)17(15,16)7-11(12,13)14/h3-6,8H,7H2,1-2H3. The molecule has 0 bridgehead atoms. The molecule has 0 fully saturated rings. The van der Waals surface area contributed by atoms with Crippen molar-refractivity contribution in [3.8, 4) is 0 Å². The third-order valence-electron chi connectivity index (χ3n) is 2.26. The minimum absolute atomic E-state index is 0.203. The maximum Gasteiger partial charge on any atom is 0.403 e. The van der Waals surface area contributed by atoms with Gasteiger partial charge in [0.25, 0.3) is 0 Å². The molecule has 0 saturated heterocycles. The first-order valence-electron chi connectivity index (χ1n) is 5.01. The fourth-order valence-corrected chi connectivity index (χ4v) is 2.51. The van der Waals surface area contributed by atoms with Crippen LogP contribution in [0.25, 0.3) is 0 Å². The van der Waals surface area contributed by atoms with E-state index in [1.54, 1.807) is 0 Å². The number of halogens is 3. The van der Waals surface area contributed by atoms with Crippen molar-refractivity contribution in [1.82, 2.24) is 0 Å². The molecule has 0 amide bonds. The lowest BCUT2D eigenvalue weighted by Gasteiger charge is -2.09. The van der Waals surface area contributed by atoms with Crippen molar-refractivity contribution in [2.24, 2.45) is 0 Å². The Hall–Kier alpha value is -1.04. The highest BCUT2D eigenvalue weighted by Crippen LogP contribution is 2.23. The van der Waals surface area contributed by atoms with Crippen molar-refractivity contribution >= 4 is 9.84 Å². The number of alkyl halides is 3. The van der Waals surface area contributed by atoms with Gasteiger partial charge in [-0.2, -0.15) is 13.2 Å². The zero-order chi connectivity index (χ0) is 13.3. The summed E-state index contributed by atoms with van der Waals surface area (Å²) in [4.78, 5) is -0.292. The summed E-state index contributed by atoms with van der Waals surface area (Å²) in [6, 6.07) is 5.51. The molecule has 0 unspecified atom stereocenters. The van der Waals surface area contributed by atoms with Gasteiger partial charge in [-0.3, -0.25) is 0 Å². The van der Waals surface area contributed by atoms with Crippen LogP contribution < -0.4 is 0 Å². The van der Waals surface area contributed by atoms with E-state index in [0.29, 0.717) is 0 Å². The van der Waals surface area contributed by atoms with E-state index in [9.17, 15) is 21.6 Å². The Balaban J connectivity index is 3.01. The highest BCUT2D eigenvalue weighted by atomic mass is 32.2. The molecule has 6 heteroatoms. The monoisotopic (exact) mass is 266 g/mol. The van der Waals surface area contributed by atoms with Crippen molar-refractivity contribution < 1.29 is 21.6 Å². The summed E-state index contributed by atoms with van der Waals surface area (Å²) in [5.74, 6) is -1.62. The molecule has 96 valence electrons. The second kappa shape index (κ2) is 4.68. The zero-order valence-electron chi connectivity index (χ0n) is 9.45. The van der Waals surface area contributed by atoms with Crippen molar-refractivity contribution in [2.75, 3.05) is 5.75 Å². The van der Waals surface area contributed by atoms with Gasteiger partial charge in [0.1, 0.15) is 0 Å². The third-order valence-corrected chi connectivity index (χ3v) is 3.96. The van der Waals surface area contributed by atoms with Gasteiger partial charge >= 0.3 is 6.18 Å². The van der Waals surface area contributed by atoms with Crippen LogP contribution in [0, 0.1) is 0 Å². The van der Waals surface area contributed by atoms with Gasteiger partial charge in [0, 0.05) is 0 Å². The minimum Gasteiger partial charge on any atom is -0.223 e. The predicted octanol–water partition coefficient (Wildman–Crippen LogP) is 3.15. The second-order valence-electron chi connectivity index (χ2n) is 4.10. The molecule has 0 radical (unpaired) electrons. The Kier molecular flexibility index (Phi) is 3.86. The highest BCUT2D eigenvalue weighted by molar-refractivity contribution is 7.91. The van der Waals surface area contributed by atoms with Crippen LogP contribution in [-0.4, -0.2) is 20.3 Å². The van der Waals surface area contributed by atoms with Crippen LogP contribution >= 0.6 is 0 Å². The number of hydrogen-bond donors (Lipinski definition) is 0. The molecule has 0 heterocycles. The van der Waals surface area contributed by atoms with Crippen LogP contribution in [-0.2, 0) is 9.84 Å². The number of sulfone groups is 1. The van der Waals surface area contributed by atoms with Gasteiger partial charge in [-0.25, -0.2) is 8.42 Å². The fourth-order valence-electron chi connectivity index (χ4n) is 1.36. The molecular weight excluding hydrogens is 253 g/mol. The molecule has 0 aliphatic heterocycles. The third kappa shape index (κ3) is 4.03. The number of benzene rings is 1. The topological polar surface area (TPSA) is 34.1 Å². The molecule has 0 saturated carbocycles. The Bertz CT molecular complexity index is 472. The molecule has 0 aliphatic rings. The molecule has 1 aromatic carbocycles. The van der Waals surface area contributed by atoms with Gasteiger partial charge in [-0.1, -0.05) is 26.0 Å². The van der Waals surface area contributed by atoms with E-state index in [-0.39, 0.29) is 10.8 Å². The van der Waals surface area contributed by atoms with E-state index >= 15 is 0 Å². The van der Waals surface area contributed by atoms with Gasteiger partial charge in [0.05, 0.1) is 4.90 Å². The van der Waals surface area contributed by atoms with E-state index in [0.717, 1.165) is 5.56 Å². The van der Waals surface area contributed by atoms with Crippen LogP contribution in [0.1, 0.15) is 25.3 Å². The zero-order valence-corrected chi connectivity index (χ0v) is 10.3. The van der Waals surface area contributed by atoms with Crippen molar-refractivity contribution in [3.05, 3.63) is 29.8 Å². The Morgan fingerprint density at radius 3 is 1.94 bits per heavy atom. The quantitative estimate of drug-likeness (QED) is 0.842. The second-order valence-corrected chi connectivity index (χ2v) is 6.09. The molecule has 0 aromatic heterocycles. The van der Waals surface area contributed by atoms with Gasteiger partial charge in [-0.05, 0) is 23.6 Å². The Morgan fingerprint density at radius 1 is 1.12 bits per heavy atom. The van der Waals surface area contributed by atoms with Crippen LogP contribution in [0.15, 0.2) is 29.2 Å². The first-order valence-corrected chi connectivity index (χ1v) is 6.66. The molecular formula is C11H13F3O2S. The smallest absolute Gasteiger partial charge is 0.223 e. The van der Waals surface area contributed by atoms with Crippen LogP contribution in [0.4, 0.5) is 13.2 Å². The molecule has 0 atom stereocenters. The van der Waals surface area contributed by atoms with Gasteiger partial charge < -0.3 is 0 Å². The minimum atomic E-state index is -4.71. The Labute approximate surface area is 98.4 Å². The van der Waals surface area contributed by atoms with E-state index in [2.05, 4.69) is 0 Å². The fraction of sp³-hybridized carbons (Fsp3) is 0.455. The lowest BCUT2D eigenvalue weighted by Crippen LogP contribution is -2.22. The SMILES string of the molecule is CC(C)c1ccc(S(=O)(=O)CC(F)(F)F)cc1. The summed E-state index contributed by atoms with van der Waals surface area (Å²) in [5, 5.41) is 0. The summed E-state index contributed by atoms with van der Waals surface area (Å²) in [5.41, 5.74) is 0.885. The van der Waals surface area contributed by atoms with Crippen molar-refractivity contribution in [3.63, 3.8) is 0 Å². The van der Waals surface area contributed by atoms with Crippen LogP contribution in [0.3, 0.4) is 0 Å². The number of rotatable bonds is 3. The normalized spacial score (nSPS) is 13.1. The van der Waals surface area contributed by atoms with E-state index < -0.39 is 21.8 Å². The molecule has 1 aromatic rings.